The largest absolute Gasteiger partial charge is 0.383 e. The molecule has 0 unspecified atom stereocenters. The van der Waals surface area contributed by atoms with Gasteiger partial charge in [-0.1, -0.05) is 50.6 Å². The van der Waals surface area contributed by atoms with Crippen LogP contribution in [0.1, 0.15) is 32.5 Å². The molecule has 2 aromatic rings. The lowest BCUT2D eigenvalue weighted by atomic mass is 10.1. The normalized spacial score (nSPS) is 10.8. The van der Waals surface area contributed by atoms with E-state index in [9.17, 15) is 0 Å². The maximum Gasteiger partial charge on any atom is 0.131 e. The van der Waals surface area contributed by atoms with Crippen LogP contribution in [-0.2, 0) is 13.0 Å². The molecule has 2 N–H and O–H groups in total. The number of nitrogens with two attached hydrogens (primary N) is 1. The van der Waals surface area contributed by atoms with Crippen molar-refractivity contribution in [3.8, 4) is 11.3 Å². The maximum absolute atomic E-state index is 6.25. The molecule has 0 amide bonds. The third-order valence-corrected chi connectivity index (χ3v) is 3.18. The van der Waals surface area contributed by atoms with Crippen LogP contribution in [-0.4, -0.2) is 9.55 Å². The maximum atomic E-state index is 6.25. The number of aromatic nitrogens is 2. The minimum absolute atomic E-state index is 0.798. The van der Waals surface area contributed by atoms with Gasteiger partial charge in [0.15, 0.2) is 0 Å². The van der Waals surface area contributed by atoms with Crippen LogP contribution in [0.15, 0.2) is 30.3 Å². The van der Waals surface area contributed by atoms with Crippen LogP contribution in [0.25, 0.3) is 11.3 Å². The van der Waals surface area contributed by atoms with E-state index in [1.54, 1.807) is 0 Å². The molecular formula is C15H21N3. The first-order valence-corrected chi connectivity index (χ1v) is 6.68. The van der Waals surface area contributed by atoms with Crippen molar-refractivity contribution in [2.75, 3.05) is 5.73 Å². The number of nitrogen functional groups attached to an aromatic ring is 1. The number of imidazole rings is 1. The first-order valence-electron chi connectivity index (χ1n) is 6.68. The molecular weight excluding hydrogens is 222 g/mol. The summed E-state index contributed by atoms with van der Waals surface area (Å²) in [5.41, 5.74) is 8.27. The van der Waals surface area contributed by atoms with Crippen molar-refractivity contribution < 1.29 is 0 Å². The first kappa shape index (κ1) is 12.7. The lowest BCUT2D eigenvalue weighted by Gasteiger charge is -2.07. The van der Waals surface area contributed by atoms with Crippen molar-refractivity contribution in [2.24, 2.45) is 0 Å². The van der Waals surface area contributed by atoms with Crippen LogP contribution in [0, 0.1) is 0 Å². The SMILES string of the molecule is CCCCn1c(CC)nc(-c2ccccc2)c1N. The molecule has 18 heavy (non-hydrogen) atoms. The van der Waals surface area contributed by atoms with Gasteiger partial charge in [-0.3, -0.25) is 0 Å². The Morgan fingerprint density at radius 2 is 1.89 bits per heavy atom. The summed E-state index contributed by atoms with van der Waals surface area (Å²) in [4.78, 5) is 4.69. The molecule has 0 aliphatic heterocycles. The van der Waals surface area contributed by atoms with Crippen LogP contribution in [0.4, 0.5) is 5.82 Å². The van der Waals surface area contributed by atoms with Crippen molar-refractivity contribution in [3.63, 3.8) is 0 Å². The summed E-state index contributed by atoms with van der Waals surface area (Å²) in [6.07, 6.45) is 3.23. The predicted octanol–water partition coefficient (Wildman–Crippen LogP) is 3.49. The molecule has 96 valence electrons. The highest BCUT2D eigenvalue weighted by molar-refractivity contribution is 5.70. The van der Waals surface area contributed by atoms with E-state index >= 15 is 0 Å². The number of nitrogens with zero attached hydrogens (tertiary/aromatic N) is 2. The zero-order chi connectivity index (χ0) is 13.0. The van der Waals surface area contributed by atoms with Gasteiger partial charge < -0.3 is 10.3 Å². The molecule has 2 rings (SSSR count). The smallest absolute Gasteiger partial charge is 0.131 e. The molecule has 0 aliphatic rings. The number of hydrogen-bond acceptors (Lipinski definition) is 2. The summed E-state index contributed by atoms with van der Waals surface area (Å²) in [6, 6.07) is 10.2. The van der Waals surface area contributed by atoms with E-state index in [1.165, 1.54) is 6.42 Å². The van der Waals surface area contributed by atoms with Crippen LogP contribution in [0.3, 0.4) is 0 Å². The van der Waals surface area contributed by atoms with Gasteiger partial charge in [0.05, 0.1) is 0 Å². The third-order valence-electron chi connectivity index (χ3n) is 3.18. The van der Waals surface area contributed by atoms with Crippen LogP contribution >= 0.6 is 0 Å². The molecule has 0 radical (unpaired) electrons. The predicted molar refractivity (Wildman–Crippen MR) is 76.4 cm³/mol. The van der Waals surface area contributed by atoms with Gasteiger partial charge in [0.2, 0.25) is 0 Å². The Balaban J connectivity index is 2.41. The van der Waals surface area contributed by atoms with Crippen molar-refractivity contribution in [1.82, 2.24) is 9.55 Å². The highest BCUT2D eigenvalue weighted by atomic mass is 15.1. The fourth-order valence-electron chi connectivity index (χ4n) is 2.16. The molecule has 0 fully saturated rings. The summed E-state index contributed by atoms with van der Waals surface area (Å²) in [5.74, 6) is 1.88. The van der Waals surface area contributed by atoms with Crippen molar-refractivity contribution in [3.05, 3.63) is 36.2 Å². The summed E-state index contributed by atoms with van der Waals surface area (Å²) < 4.78 is 2.16. The number of hydrogen-bond donors (Lipinski definition) is 1. The Morgan fingerprint density at radius 3 is 2.50 bits per heavy atom. The van der Waals surface area contributed by atoms with Gasteiger partial charge in [0, 0.05) is 18.5 Å². The summed E-state index contributed by atoms with van der Waals surface area (Å²) in [6.45, 7) is 5.28. The standard InChI is InChI=1S/C15H21N3/c1-3-5-11-18-13(4-2)17-14(15(18)16)12-9-7-6-8-10-12/h6-10H,3-5,11,16H2,1-2H3. The van der Waals surface area contributed by atoms with E-state index in [-0.39, 0.29) is 0 Å². The molecule has 0 saturated heterocycles. The van der Waals surface area contributed by atoms with E-state index in [2.05, 4.69) is 35.5 Å². The average Bonchev–Trinajstić information content (AvgIpc) is 2.74. The molecule has 0 atom stereocenters. The van der Waals surface area contributed by atoms with Gasteiger partial charge in [-0.05, 0) is 6.42 Å². The Hall–Kier alpha value is -1.77. The molecule has 1 aromatic carbocycles. The van der Waals surface area contributed by atoms with Gasteiger partial charge in [0.25, 0.3) is 0 Å². The van der Waals surface area contributed by atoms with Crippen LogP contribution in [0.5, 0.6) is 0 Å². The fourth-order valence-corrected chi connectivity index (χ4v) is 2.16. The van der Waals surface area contributed by atoms with E-state index in [1.807, 2.05) is 18.2 Å². The van der Waals surface area contributed by atoms with E-state index in [0.717, 1.165) is 42.3 Å². The number of unbranched alkanes of at least 4 members (excludes halogenated alkanes) is 1. The highest BCUT2D eigenvalue weighted by Gasteiger charge is 2.14. The fraction of sp³-hybridized carbons (Fsp3) is 0.400. The molecule has 0 aliphatic carbocycles. The second-order valence-corrected chi connectivity index (χ2v) is 4.49. The Morgan fingerprint density at radius 1 is 1.17 bits per heavy atom. The lowest BCUT2D eigenvalue weighted by Crippen LogP contribution is -2.06. The minimum Gasteiger partial charge on any atom is -0.383 e. The van der Waals surface area contributed by atoms with E-state index < -0.39 is 0 Å². The van der Waals surface area contributed by atoms with Gasteiger partial charge in [0.1, 0.15) is 17.3 Å². The second-order valence-electron chi connectivity index (χ2n) is 4.49. The average molecular weight is 243 g/mol. The number of benzene rings is 1. The van der Waals surface area contributed by atoms with Crippen molar-refractivity contribution >= 4 is 5.82 Å². The topological polar surface area (TPSA) is 43.8 Å². The third kappa shape index (κ3) is 2.40. The lowest BCUT2D eigenvalue weighted by molar-refractivity contribution is 0.612. The Bertz CT molecular complexity index is 500. The first-order chi connectivity index (χ1) is 8.77. The molecule has 1 aromatic heterocycles. The molecule has 3 nitrogen and oxygen atoms in total. The monoisotopic (exact) mass is 243 g/mol. The number of anilines is 1. The van der Waals surface area contributed by atoms with Crippen molar-refractivity contribution in [2.45, 2.75) is 39.7 Å². The van der Waals surface area contributed by atoms with Gasteiger partial charge in [-0.15, -0.1) is 0 Å². The second kappa shape index (κ2) is 5.71. The summed E-state index contributed by atoms with van der Waals surface area (Å²) in [5, 5.41) is 0. The number of rotatable bonds is 5. The van der Waals surface area contributed by atoms with Gasteiger partial charge in [-0.25, -0.2) is 4.98 Å². The van der Waals surface area contributed by atoms with Gasteiger partial charge in [-0.2, -0.15) is 0 Å². The number of aryl methyl sites for hydroxylation is 1. The summed E-state index contributed by atoms with van der Waals surface area (Å²) >= 11 is 0. The quantitative estimate of drug-likeness (QED) is 0.873. The molecule has 3 heteroatoms. The molecule has 0 bridgehead atoms. The zero-order valence-corrected chi connectivity index (χ0v) is 11.2. The highest BCUT2D eigenvalue weighted by Crippen LogP contribution is 2.26. The van der Waals surface area contributed by atoms with Crippen LogP contribution < -0.4 is 5.73 Å². The van der Waals surface area contributed by atoms with Crippen LogP contribution in [0.2, 0.25) is 0 Å². The molecule has 0 saturated carbocycles. The van der Waals surface area contributed by atoms with E-state index in [4.69, 9.17) is 5.73 Å². The molecule has 1 heterocycles. The Kier molecular flexibility index (Phi) is 4.03. The zero-order valence-electron chi connectivity index (χ0n) is 11.2. The van der Waals surface area contributed by atoms with Gasteiger partial charge >= 0.3 is 0 Å². The molecule has 0 spiro atoms. The van der Waals surface area contributed by atoms with Crippen molar-refractivity contribution in [1.29, 1.82) is 0 Å². The van der Waals surface area contributed by atoms with E-state index in [0.29, 0.717) is 0 Å². The minimum atomic E-state index is 0.798. The summed E-state index contributed by atoms with van der Waals surface area (Å²) in [7, 11) is 0. The Labute approximate surface area is 109 Å².